The summed E-state index contributed by atoms with van der Waals surface area (Å²) < 4.78 is 0. The molecule has 0 aliphatic rings. The van der Waals surface area contributed by atoms with Crippen molar-refractivity contribution < 1.29 is 0 Å². The number of hydrogen-bond donors (Lipinski definition) is 1. The Kier molecular flexibility index (Phi) is 8.84. The molecule has 0 fully saturated rings. The van der Waals surface area contributed by atoms with Crippen LogP contribution in [0.25, 0.3) is 0 Å². The molecular formula is C17H31N3. The number of nitrogens with zero attached hydrogens (tertiary/aromatic N) is 2. The fourth-order valence-corrected chi connectivity index (χ4v) is 2.37. The lowest BCUT2D eigenvalue weighted by molar-refractivity contribution is 0.581. The summed E-state index contributed by atoms with van der Waals surface area (Å²) in [5, 5.41) is 3.50. The van der Waals surface area contributed by atoms with Gasteiger partial charge in [0.25, 0.3) is 0 Å². The molecule has 3 heteroatoms. The first-order valence-electron chi connectivity index (χ1n) is 8.12. The maximum atomic E-state index is 4.40. The van der Waals surface area contributed by atoms with Gasteiger partial charge in [0.1, 0.15) is 0 Å². The van der Waals surface area contributed by atoms with Crippen molar-refractivity contribution in [2.75, 3.05) is 30.9 Å². The van der Waals surface area contributed by atoms with Gasteiger partial charge in [-0.3, -0.25) is 0 Å². The van der Waals surface area contributed by atoms with Crippen molar-refractivity contribution in [3.8, 4) is 0 Å². The SMILES string of the molecule is CCCCCCCCCCNc1cccnc1N(C)C. The van der Waals surface area contributed by atoms with E-state index in [1.165, 1.54) is 51.4 Å². The molecule has 20 heavy (non-hydrogen) atoms. The topological polar surface area (TPSA) is 28.2 Å². The Labute approximate surface area is 124 Å². The first kappa shape index (κ1) is 16.8. The molecule has 0 saturated carbocycles. The molecule has 1 heterocycles. The van der Waals surface area contributed by atoms with Gasteiger partial charge in [0.2, 0.25) is 0 Å². The van der Waals surface area contributed by atoms with Crippen LogP contribution in [-0.2, 0) is 0 Å². The third-order valence-electron chi connectivity index (χ3n) is 3.56. The number of pyridine rings is 1. The summed E-state index contributed by atoms with van der Waals surface area (Å²) in [5.41, 5.74) is 1.14. The Hall–Kier alpha value is -1.25. The number of unbranched alkanes of at least 4 members (excludes halogenated alkanes) is 7. The molecule has 0 aliphatic carbocycles. The van der Waals surface area contributed by atoms with E-state index in [1.807, 2.05) is 26.4 Å². The highest BCUT2D eigenvalue weighted by Crippen LogP contribution is 2.20. The van der Waals surface area contributed by atoms with Crippen molar-refractivity contribution in [1.29, 1.82) is 0 Å². The number of rotatable bonds is 11. The van der Waals surface area contributed by atoms with Crippen LogP contribution in [0.1, 0.15) is 58.3 Å². The van der Waals surface area contributed by atoms with E-state index in [0.29, 0.717) is 0 Å². The van der Waals surface area contributed by atoms with E-state index in [1.54, 1.807) is 0 Å². The second-order valence-corrected chi connectivity index (χ2v) is 5.67. The molecule has 1 N–H and O–H groups in total. The lowest BCUT2D eigenvalue weighted by atomic mass is 10.1. The van der Waals surface area contributed by atoms with E-state index < -0.39 is 0 Å². The second-order valence-electron chi connectivity index (χ2n) is 5.67. The van der Waals surface area contributed by atoms with Crippen molar-refractivity contribution >= 4 is 11.5 Å². The summed E-state index contributed by atoms with van der Waals surface area (Å²) >= 11 is 0. The number of anilines is 2. The predicted molar refractivity (Wildman–Crippen MR) is 89.7 cm³/mol. The van der Waals surface area contributed by atoms with E-state index in [2.05, 4.69) is 28.2 Å². The van der Waals surface area contributed by atoms with Crippen molar-refractivity contribution in [2.24, 2.45) is 0 Å². The fraction of sp³-hybridized carbons (Fsp3) is 0.706. The van der Waals surface area contributed by atoms with Gasteiger partial charge in [0, 0.05) is 26.8 Å². The highest BCUT2D eigenvalue weighted by atomic mass is 15.2. The average Bonchev–Trinajstić information content (AvgIpc) is 2.46. The smallest absolute Gasteiger partial charge is 0.151 e. The Morgan fingerprint density at radius 3 is 2.30 bits per heavy atom. The van der Waals surface area contributed by atoms with E-state index in [4.69, 9.17) is 0 Å². The Bertz CT molecular complexity index is 350. The standard InChI is InChI=1S/C17H31N3/c1-4-5-6-7-8-9-10-11-14-18-16-13-12-15-19-17(16)20(2)3/h12-13,15,18H,4-11,14H2,1-3H3. The maximum Gasteiger partial charge on any atom is 0.151 e. The van der Waals surface area contributed by atoms with E-state index in [0.717, 1.165) is 18.1 Å². The molecule has 0 atom stereocenters. The highest BCUT2D eigenvalue weighted by Gasteiger charge is 2.03. The van der Waals surface area contributed by atoms with Crippen LogP contribution in [0.3, 0.4) is 0 Å². The summed E-state index contributed by atoms with van der Waals surface area (Å²) in [5.74, 6) is 1.02. The molecule has 3 nitrogen and oxygen atoms in total. The van der Waals surface area contributed by atoms with Gasteiger partial charge < -0.3 is 10.2 Å². The molecule has 0 saturated heterocycles. The molecule has 1 rings (SSSR count). The first-order chi connectivity index (χ1) is 9.75. The zero-order valence-electron chi connectivity index (χ0n) is 13.5. The van der Waals surface area contributed by atoms with Crippen molar-refractivity contribution in [3.63, 3.8) is 0 Å². The molecule has 0 spiro atoms. The largest absolute Gasteiger partial charge is 0.382 e. The zero-order chi connectivity index (χ0) is 14.6. The minimum atomic E-state index is 1.02. The third-order valence-corrected chi connectivity index (χ3v) is 3.56. The van der Waals surface area contributed by atoms with Crippen molar-refractivity contribution in [2.45, 2.75) is 58.3 Å². The summed E-state index contributed by atoms with van der Waals surface area (Å²) in [6.45, 7) is 3.31. The number of aromatic nitrogens is 1. The van der Waals surface area contributed by atoms with Crippen LogP contribution in [0.15, 0.2) is 18.3 Å². The van der Waals surface area contributed by atoms with Crippen LogP contribution in [0.5, 0.6) is 0 Å². The third kappa shape index (κ3) is 6.78. The Balaban J connectivity index is 2.10. The molecule has 0 aliphatic heterocycles. The lowest BCUT2D eigenvalue weighted by Gasteiger charge is -2.16. The van der Waals surface area contributed by atoms with E-state index >= 15 is 0 Å². The van der Waals surface area contributed by atoms with Gasteiger partial charge in [-0.2, -0.15) is 0 Å². The molecule has 114 valence electrons. The zero-order valence-corrected chi connectivity index (χ0v) is 13.5. The minimum absolute atomic E-state index is 1.02. The molecule has 0 radical (unpaired) electrons. The summed E-state index contributed by atoms with van der Waals surface area (Å²) in [6.07, 6.45) is 12.8. The maximum absolute atomic E-state index is 4.40. The van der Waals surface area contributed by atoms with E-state index in [9.17, 15) is 0 Å². The highest BCUT2D eigenvalue weighted by molar-refractivity contribution is 5.64. The average molecular weight is 277 g/mol. The molecule has 0 bridgehead atoms. The van der Waals surface area contributed by atoms with Gasteiger partial charge in [-0.15, -0.1) is 0 Å². The normalized spacial score (nSPS) is 10.6. The van der Waals surface area contributed by atoms with Crippen LogP contribution >= 0.6 is 0 Å². The first-order valence-corrected chi connectivity index (χ1v) is 8.12. The van der Waals surface area contributed by atoms with Gasteiger partial charge in [0.05, 0.1) is 5.69 Å². The molecular weight excluding hydrogens is 246 g/mol. The van der Waals surface area contributed by atoms with Gasteiger partial charge in [0.15, 0.2) is 5.82 Å². The minimum Gasteiger partial charge on any atom is -0.382 e. The Morgan fingerprint density at radius 1 is 1.00 bits per heavy atom. The van der Waals surface area contributed by atoms with Gasteiger partial charge in [-0.1, -0.05) is 51.9 Å². The lowest BCUT2D eigenvalue weighted by Crippen LogP contribution is -2.14. The van der Waals surface area contributed by atoms with Crippen LogP contribution in [0, 0.1) is 0 Å². The molecule has 0 amide bonds. The predicted octanol–water partition coefficient (Wildman–Crippen LogP) is 4.70. The molecule has 1 aromatic rings. The second kappa shape index (κ2) is 10.5. The monoisotopic (exact) mass is 277 g/mol. The Morgan fingerprint density at radius 2 is 1.65 bits per heavy atom. The summed E-state index contributed by atoms with van der Waals surface area (Å²) in [4.78, 5) is 6.45. The van der Waals surface area contributed by atoms with Gasteiger partial charge >= 0.3 is 0 Å². The summed E-state index contributed by atoms with van der Waals surface area (Å²) in [7, 11) is 4.06. The van der Waals surface area contributed by atoms with E-state index in [-0.39, 0.29) is 0 Å². The quantitative estimate of drug-likeness (QED) is 0.594. The van der Waals surface area contributed by atoms with Crippen LogP contribution in [0.2, 0.25) is 0 Å². The summed E-state index contributed by atoms with van der Waals surface area (Å²) in [6, 6.07) is 4.09. The van der Waals surface area contributed by atoms with Gasteiger partial charge in [-0.05, 0) is 18.6 Å². The molecule has 0 aromatic carbocycles. The molecule has 0 unspecified atom stereocenters. The molecule has 1 aromatic heterocycles. The van der Waals surface area contributed by atoms with Gasteiger partial charge in [-0.25, -0.2) is 4.98 Å². The van der Waals surface area contributed by atoms with Crippen LogP contribution in [-0.4, -0.2) is 25.6 Å². The van der Waals surface area contributed by atoms with Crippen molar-refractivity contribution in [3.05, 3.63) is 18.3 Å². The number of nitrogens with one attached hydrogen (secondary N) is 1. The van der Waals surface area contributed by atoms with Crippen LogP contribution < -0.4 is 10.2 Å². The van der Waals surface area contributed by atoms with Crippen molar-refractivity contribution in [1.82, 2.24) is 4.98 Å². The van der Waals surface area contributed by atoms with Crippen LogP contribution in [0.4, 0.5) is 11.5 Å². The fourth-order valence-electron chi connectivity index (χ4n) is 2.37. The number of hydrogen-bond acceptors (Lipinski definition) is 3.